The lowest BCUT2D eigenvalue weighted by molar-refractivity contribution is 0.0750. The molecule has 0 saturated heterocycles. The van der Waals surface area contributed by atoms with Gasteiger partial charge in [0.25, 0.3) is 0 Å². The lowest BCUT2D eigenvalue weighted by Crippen LogP contribution is -2.41. The molecule has 0 aliphatic heterocycles. The third-order valence-corrected chi connectivity index (χ3v) is 3.38. The van der Waals surface area contributed by atoms with Crippen LogP contribution in [0.15, 0.2) is 24.3 Å². The molecule has 0 heterocycles. The Morgan fingerprint density at radius 3 is 2.71 bits per heavy atom. The van der Waals surface area contributed by atoms with Crippen molar-refractivity contribution in [3.63, 3.8) is 0 Å². The zero-order valence-corrected chi connectivity index (χ0v) is 9.98. The Morgan fingerprint density at radius 2 is 2.00 bits per heavy atom. The second-order valence-electron chi connectivity index (χ2n) is 4.83. The number of nitriles is 1. The molecule has 90 valence electrons. The van der Waals surface area contributed by atoms with Gasteiger partial charge in [-0.3, -0.25) is 0 Å². The first-order valence-corrected chi connectivity index (χ1v) is 6.08. The van der Waals surface area contributed by atoms with Crippen molar-refractivity contribution in [1.29, 1.82) is 5.26 Å². The van der Waals surface area contributed by atoms with Gasteiger partial charge in [-0.1, -0.05) is 31.0 Å². The van der Waals surface area contributed by atoms with Crippen molar-refractivity contribution in [3.05, 3.63) is 35.4 Å². The summed E-state index contributed by atoms with van der Waals surface area (Å²) in [4.78, 5) is 0. The number of benzene rings is 1. The molecule has 0 spiro atoms. The summed E-state index contributed by atoms with van der Waals surface area (Å²) in [7, 11) is 0. The molecule has 1 fully saturated rings. The molecule has 3 nitrogen and oxygen atoms in total. The lowest BCUT2D eigenvalue weighted by Gasteiger charge is -2.23. The summed E-state index contributed by atoms with van der Waals surface area (Å²) in [5.74, 6) is 0. The number of ether oxygens (including phenoxy) is 1. The first-order valence-electron chi connectivity index (χ1n) is 6.08. The second-order valence-corrected chi connectivity index (χ2v) is 4.83. The highest BCUT2D eigenvalue weighted by atomic mass is 16.5. The van der Waals surface area contributed by atoms with Gasteiger partial charge in [-0.15, -0.1) is 0 Å². The van der Waals surface area contributed by atoms with Gasteiger partial charge in [0.1, 0.15) is 0 Å². The summed E-state index contributed by atoms with van der Waals surface area (Å²) in [6, 6.07) is 9.70. The van der Waals surface area contributed by atoms with Crippen molar-refractivity contribution < 1.29 is 4.74 Å². The minimum absolute atomic E-state index is 0.137. The first kappa shape index (κ1) is 12.1. The fourth-order valence-corrected chi connectivity index (χ4v) is 2.34. The zero-order valence-electron chi connectivity index (χ0n) is 9.98. The topological polar surface area (TPSA) is 59.0 Å². The molecule has 3 heteroatoms. The van der Waals surface area contributed by atoms with Crippen molar-refractivity contribution in [2.24, 2.45) is 5.73 Å². The highest BCUT2D eigenvalue weighted by molar-refractivity contribution is 5.36. The molecule has 2 rings (SSSR count). The Morgan fingerprint density at radius 1 is 1.29 bits per heavy atom. The normalized spacial score (nSPS) is 17.9. The molecule has 1 saturated carbocycles. The van der Waals surface area contributed by atoms with Gasteiger partial charge < -0.3 is 10.5 Å². The van der Waals surface area contributed by atoms with Crippen LogP contribution in [0.4, 0.5) is 0 Å². The molecular formula is C14H18N2O. The van der Waals surface area contributed by atoms with E-state index in [1.54, 1.807) is 0 Å². The van der Waals surface area contributed by atoms with Gasteiger partial charge in [0.15, 0.2) is 0 Å². The van der Waals surface area contributed by atoms with E-state index in [0.29, 0.717) is 18.8 Å². The smallest absolute Gasteiger partial charge is 0.0995 e. The largest absolute Gasteiger partial charge is 0.375 e. The number of hydrogen-bond acceptors (Lipinski definition) is 3. The van der Waals surface area contributed by atoms with Gasteiger partial charge in [-0.2, -0.15) is 5.26 Å². The molecule has 0 radical (unpaired) electrons. The highest BCUT2D eigenvalue weighted by Gasteiger charge is 2.29. The Kier molecular flexibility index (Phi) is 3.78. The Labute approximate surface area is 102 Å². The number of nitrogens with zero attached hydrogens (tertiary/aromatic N) is 1. The fraction of sp³-hybridized carbons (Fsp3) is 0.500. The molecule has 1 aromatic carbocycles. The maximum absolute atomic E-state index is 8.95. The van der Waals surface area contributed by atoms with Crippen LogP contribution in [0.25, 0.3) is 0 Å². The molecular weight excluding hydrogens is 212 g/mol. The summed E-state index contributed by atoms with van der Waals surface area (Å²) in [5.41, 5.74) is 7.69. The molecule has 0 bridgehead atoms. The lowest BCUT2D eigenvalue weighted by atomic mass is 10.0. The van der Waals surface area contributed by atoms with Crippen LogP contribution < -0.4 is 5.73 Å². The standard InChI is InChI=1S/C14H18N2O/c15-9-12-5-1-2-6-13(12)10-17-11-14(16)7-3-4-8-14/h1-2,5-6H,3-4,7-8,10-11,16H2. The maximum atomic E-state index is 8.95. The van der Waals surface area contributed by atoms with Crippen molar-refractivity contribution in [1.82, 2.24) is 0 Å². The van der Waals surface area contributed by atoms with E-state index < -0.39 is 0 Å². The number of rotatable bonds is 4. The van der Waals surface area contributed by atoms with E-state index in [0.717, 1.165) is 18.4 Å². The van der Waals surface area contributed by atoms with Crippen LogP contribution in [-0.4, -0.2) is 12.1 Å². The van der Waals surface area contributed by atoms with Gasteiger partial charge in [0, 0.05) is 5.54 Å². The van der Waals surface area contributed by atoms with Crippen molar-refractivity contribution in [2.45, 2.75) is 37.8 Å². The average molecular weight is 230 g/mol. The number of nitrogens with two attached hydrogens (primary N) is 1. The van der Waals surface area contributed by atoms with Crippen LogP contribution in [0.2, 0.25) is 0 Å². The van der Waals surface area contributed by atoms with Crippen LogP contribution in [0.5, 0.6) is 0 Å². The highest BCUT2D eigenvalue weighted by Crippen LogP contribution is 2.27. The summed E-state index contributed by atoms with van der Waals surface area (Å²) >= 11 is 0. The summed E-state index contributed by atoms with van der Waals surface area (Å²) in [5, 5.41) is 8.95. The first-order chi connectivity index (χ1) is 8.23. The van der Waals surface area contributed by atoms with Crippen molar-refractivity contribution in [3.8, 4) is 6.07 Å². The minimum atomic E-state index is -0.137. The van der Waals surface area contributed by atoms with E-state index >= 15 is 0 Å². The van der Waals surface area contributed by atoms with Gasteiger partial charge in [-0.25, -0.2) is 0 Å². The monoisotopic (exact) mass is 230 g/mol. The maximum Gasteiger partial charge on any atom is 0.0995 e. The van der Waals surface area contributed by atoms with Crippen molar-refractivity contribution in [2.75, 3.05) is 6.61 Å². The van der Waals surface area contributed by atoms with E-state index in [-0.39, 0.29) is 5.54 Å². The number of hydrogen-bond donors (Lipinski definition) is 1. The molecule has 2 N–H and O–H groups in total. The second kappa shape index (κ2) is 5.31. The van der Waals surface area contributed by atoms with Crippen molar-refractivity contribution >= 4 is 0 Å². The Hall–Kier alpha value is -1.37. The van der Waals surface area contributed by atoms with E-state index in [2.05, 4.69) is 6.07 Å². The summed E-state index contributed by atoms with van der Waals surface area (Å²) in [6.07, 6.45) is 4.50. The molecule has 0 unspecified atom stereocenters. The summed E-state index contributed by atoms with van der Waals surface area (Å²) < 4.78 is 5.67. The third kappa shape index (κ3) is 3.06. The van der Waals surface area contributed by atoms with Crippen LogP contribution in [0.1, 0.15) is 36.8 Å². The van der Waals surface area contributed by atoms with E-state index in [9.17, 15) is 0 Å². The molecule has 17 heavy (non-hydrogen) atoms. The Balaban J connectivity index is 1.88. The molecule has 0 aromatic heterocycles. The molecule has 1 aliphatic rings. The van der Waals surface area contributed by atoms with Gasteiger partial charge in [0.05, 0.1) is 24.8 Å². The molecule has 1 aromatic rings. The quantitative estimate of drug-likeness (QED) is 0.863. The van der Waals surface area contributed by atoms with Gasteiger partial charge in [-0.05, 0) is 24.5 Å². The van der Waals surface area contributed by atoms with Crippen LogP contribution in [0, 0.1) is 11.3 Å². The average Bonchev–Trinajstić information content (AvgIpc) is 2.77. The van der Waals surface area contributed by atoms with E-state index in [1.807, 2.05) is 24.3 Å². The SMILES string of the molecule is N#Cc1ccccc1COCC1(N)CCCC1. The summed E-state index contributed by atoms with van der Waals surface area (Å²) in [6.45, 7) is 1.06. The van der Waals surface area contributed by atoms with E-state index in [4.69, 9.17) is 15.7 Å². The molecule has 1 aliphatic carbocycles. The van der Waals surface area contributed by atoms with Gasteiger partial charge >= 0.3 is 0 Å². The Bertz CT molecular complexity index is 416. The zero-order chi connectivity index (χ0) is 12.1. The fourth-order valence-electron chi connectivity index (χ4n) is 2.34. The third-order valence-electron chi connectivity index (χ3n) is 3.38. The minimum Gasteiger partial charge on any atom is -0.375 e. The van der Waals surface area contributed by atoms with Crippen LogP contribution in [-0.2, 0) is 11.3 Å². The van der Waals surface area contributed by atoms with Crippen LogP contribution in [0.3, 0.4) is 0 Å². The predicted octanol–water partition coefficient (Wildman–Crippen LogP) is 2.35. The molecule has 0 atom stereocenters. The van der Waals surface area contributed by atoms with Gasteiger partial charge in [0.2, 0.25) is 0 Å². The molecule has 0 amide bonds. The van der Waals surface area contributed by atoms with Crippen LogP contribution >= 0.6 is 0 Å². The van der Waals surface area contributed by atoms with E-state index in [1.165, 1.54) is 12.8 Å². The predicted molar refractivity (Wildman–Crippen MR) is 66.2 cm³/mol.